The molecular formula is C8H18FGeN3Zr. The zero-order valence-corrected chi connectivity index (χ0v) is 14.4. The van der Waals surface area contributed by atoms with Crippen LogP contribution in [0.2, 0.25) is 0 Å². The van der Waals surface area contributed by atoms with Crippen molar-refractivity contribution in [3.8, 4) is 0 Å². The molecule has 1 aliphatic rings. The van der Waals surface area contributed by atoms with Gasteiger partial charge in [-0.05, 0) is 0 Å². The summed E-state index contributed by atoms with van der Waals surface area (Å²) in [4.78, 5) is 0. The molecule has 3 nitrogen and oxygen atoms in total. The Bertz CT molecular complexity index is 132. The van der Waals surface area contributed by atoms with E-state index < -0.39 is 15.9 Å². The number of halogens is 1. The van der Waals surface area contributed by atoms with E-state index in [1.54, 1.807) is 0 Å². The van der Waals surface area contributed by atoms with Crippen LogP contribution in [-0.4, -0.2) is 37.0 Å². The maximum absolute atomic E-state index is 11.7. The van der Waals surface area contributed by atoms with Crippen LogP contribution >= 0.6 is 0 Å². The number of rotatable bonds is 1. The first-order chi connectivity index (χ1) is 6.43. The van der Waals surface area contributed by atoms with Gasteiger partial charge in [0.2, 0.25) is 0 Å². The first-order valence-corrected chi connectivity index (χ1v) is 6.36. The fraction of sp³-hybridized carbons (Fsp3) is 0.500. The van der Waals surface area contributed by atoms with Crippen molar-refractivity contribution in [2.45, 2.75) is 6.42 Å². The summed E-state index contributed by atoms with van der Waals surface area (Å²) in [5.41, 5.74) is 17.2. The second-order valence-electron chi connectivity index (χ2n) is 1.44. The van der Waals surface area contributed by atoms with Crippen LogP contribution in [-0.2, 0) is 26.2 Å². The molecule has 0 radical (unpaired) electrons. The van der Waals surface area contributed by atoms with Gasteiger partial charge in [-0.1, -0.05) is 0 Å². The van der Waals surface area contributed by atoms with Gasteiger partial charge in [0, 0.05) is 0 Å². The van der Waals surface area contributed by atoms with Crippen LogP contribution in [0.15, 0.2) is 16.6 Å². The molecule has 0 unspecified atom stereocenters. The van der Waals surface area contributed by atoms with Crippen molar-refractivity contribution in [1.29, 1.82) is 0 Å². The van der Waals surface area contributed by atoms with E-state index in [0.29, 0.717) is 0 Å². The van der Waals surface area contributed by atoms with Crippen LogP contribution in [0, 0.1) is 6.08 Å². The van der Waals surface area contributed by atoms with E-state index in [0.717, 1.165) is 10.8 Å². The van der Waals surface area contributed by atoms with Crippen molar-refractivity contribution in [2.75, 3.05) is 21.1 Å². The van der Waals surface area contributed by atoms with Gasteiger partial charge in [0.15, 0.2) is 0 Å². The largest absolute Gasteiger partial charge is 4.00 e. The van der Waals surface area contributed by atoms with Gasteiger partial charge in [0.05, 0.1) is 0 Å². The Labute approximate surface area is 112 Å². The quantitative estimate of drug-likeness (QED) is 0.521. The molecule has 0 aromatic rings. The SMILES string of the molecule is C[NH-].C[NH-].C[NH-].[F][GeH2][C]1=[C-]CC=C1.[Zr+4]. The predicted molar refractivity (Wildman–Crippen MR) is 60.9 cm³/mol. The summed E-state index contributed by atoms with van der Waals surface area (Å²) in [7, 11) is 3.75. The first kappa shape index (κ1) is 24.1. The molecule has 0 atom stereocenters. The van der Waals surface area contributed by atoms with E-state index in [-0.39, 0.29) is 26.2 Å². The number of nitrogens with one attached hydrogen (secondary N) is 3. The van der Waals surface area contributed by atoms with Crippen LogP contribution in [0.3, 0.4) is 0 Å². The molecule has 14 heavy (non-hydrogen) atoms. The Kier molecular flexibility index (Phi) is 50.3. The smallest absolute Gasteiger partial charge is 4.00 e. The second kappa shape index (κ2) is 29.2. The van der Waals surface area contributed by atoms with E-state index in [1.165, 1.54) is 21.1 Å². The molecule has 80 valence electrons. The number of hydrogen-bond donors (Lipinski definition) is 0. The van der Waals surface area contributed by atoms with Crippen LogP contribution in [0.25, 0.3) is 17.2 Å². The maximum Gasteiger partial charge on any atom is 4.00 e. The number of hydrogen-bond acceptors (Lipinski definition) is 0. The molecule has 0 spiro atoms. The van der Waals surface area contributed by atoms with Crippen LogP contribution in [0.1, 0.15) is 6.42 Å². The molecule has 0 saturated heterocycles. The zero-order valence-electron chi connectivity index (χ0n) is 8.95. The summed E-state index contributed by atoms with van der Waals surface area (Å²) in [6, 6.07) is 0. The second-order valence-corrected chi connectivity index (χ2v) is 3.60. The molecule has 0 bridgehead atoms. The molecule has 3 N–H and O–H groups in total. The molecule has 0 aromatic carbocycles. The average Bonchev–Trinajstić information content (AvgIpc) is 2.79. The van der Waals surface area contributed by atoms with E-state index >= 15 is 0 Å². The van der Waals surface area contributed by atoms with Crippen molar-refractivity contribution in [3.05, 3.63) is 39.8 Å². The fourth-order valence-corrected chi connectivity index (χ4v) is 1.58. The minimum Gasteiger partial charge on any atom is 4.00 e. The Morgan fingerprint density at radius 2 is 1.64 bits per heavy atom. The van der Waals surface area contributed by atoms with Crippen molar-refractivity contribution < 1.29 is 29.7 Å². The van der Waals surface area contributed by atoms with E-state index in [1.807, 2.05) is 12.2 Å². The summed E-state index contributed by atoms with van der Waals surface area (Å²) in [5, 5.41) is 0. The third kappa shape index (κ3) is 18.5. The van der Waals surface area contributed by atoms with E-state index in [4.69, 9.17) is 17.2 Å². The summed E-state index contributed by atoms with van der Waals surface area (Å²) < 4.78 is 12.6. The third-order valence-electron chi connectivity index (χ3n) is 0.910. The average molecular weight is 339 g/mol. The number of allylic oxidation sites excluding steroid dienone is 4. The normalized spacial score (nSPS) is 10.9. The third-order valence-corrected chi connectivity index (χ3v) is 2.53. The predicted octanol–water partition coefficient (Wildman–Crippen LogP) is 2.69. The van der Waals surface area contributed by atoms with Gasteiger partial charge < -0.3 is 17.2 Å². The molecule has 0 aromatic heterocycles. The summed E-state index contributed by atoms with van der Waals surface area (Å²) in [5.74, 6) is 0. The Balaban J connectivity index is -0.0000000625. The zero-order chi connectivity index (χ0) is 11.1. The summed E-state index contributed by atoms with van der Waals surface area (Å²) in [6.45, 7) is 0. The van der Waals surface area contributed by atoms with Crippen molar-refractivity contribution in [2.24, 2.45) is 0 Å². The van der Waals surface area contributed by atoms with Gasteiger partial charge in [-0.25, -0.2) is 0 Å². The first-order valence-electron chi connectivity index (χ1n) is 3.75. The van der Waals surface area contributed by atoms with E-state index in [9.17, 15) is 3.50 Å². The molecule has 0 saturated carbocycles. The van der Waals surface area contributed by atoms with Gasteiger partial charge >= 0.3 is 74.7 Å². The Morgan fingerprint density at radius 1 is 1.21 bits per heavy atom. The molecular weight excluding hydrogens is 321 g/mol. The van der Waals surface area contributed by atoms with Gasteiger partial charge in [-0.2, -0.15) is 21.1 Å². The van der Waals surface area contributed by atoms with Gasteiger partial charge in [0.25, 0.3) is 0 Å². The van der Waals surface area contributed by atoms with Crippen LogP contribution in [0.5, 0.6) is 0 Å². The van der Waals surface area contributed by atoms with Crippen LogP contribution in [0.4, 0.5) is 3.50 Å². The van der Waals surface area contributed by atoms with Gasteiger partial charge in [0.1, 0.15) is 0 Å². The summed E-state index contributed by atoms with van der Waals surface area (Å²) in [6.07, 6.45) is 7.55. The van der Waals surface area contributed by atoms with Crippen molar-refractivity contribution in [3.63, 3.8) is 0 Å². The molecule has 6 heteroatoms. The van der Waals surface area contributed by atoms with Crippen LogP contribution < -0.4 is 0 Å². The topological polar surface area (TPSA) is 71.4 Å². The molecule has 1 rings (SSSR count). The molecule has 0 fully saturated rings. The minimum atomic E-state index is -1.75. The molecule has 0 aliphatic heterocycles. The van der Waals surface area contributed by atoms with E-state index in [2.05, 4.69) is 6.08 Å². The summed E-state index contributed by atoms with van der Waals surface area (Å²) >= 11 is -1.75. The fourth-order valence-electron chi connectivity index (χ4n) is 0.542. The van der Waals surface area contributed by atoms with Gasteiger partial charge in [-0.15, -0.1) is 0 Å². The Morgan fingerprint density at radius 3 is 1.79 bits per heavy atom. The maximum atomic E-state index is 11.7. The molecule has 1 aliphatic carbocycles. The van der Waals surface area contributed by atoms with Crippen molar-refractivity contribution >= 4 is 15.9 Å². The Hall–Kier alpha value is 0.716. The monoisotopic (exact) mass is 339 g/mol. The standard InChI is InChI=1S/C5H6FGe.3CH4N.Zr/c6-7-5-3-1-2-4-5;3*1-2;/h1,3H,2,7H2;3*2H,1H3;/q4*-1;+4. The molecule has 0 amide bonds. The van der Waals surface area contributed by atoms with Gasteiger partial charge in [-0.3, -0.25) is 0 Å². The minimum absolute atomic E-state index is 0. The van der Waals surface area contributed by atoms with Crippen molar-refractivity contribution in [1.82, 2.24) is 0 Å². The molecule has 0 heterocycles.